The van der Waals surface area contributed by atoms with Crippen LogP contribution in [0.2, 0.25) is 0 Å². The molecule has 0 unspecified atom stereocenters. The smallest absolute Gasteiger partial charge is 0.276 e. The molecular weight excluding hydrogens is 370 g/mol. The van der Waals surface area contributed by atoms with Crippen LogP contribution in [0, 0.1) is 6.92 Å². The number of aryl methyl sites for hydroxylation is 1. The van der Waals surface area contributed by atoms with Crippen molar-refractivity contribution in [1.82, 2.24) is 9.78 Å². The molecule has 3 rings (SSSR count). The van der Waals surface area contributed by atoms with Crippen LogP contribution >= 0.6 is 15.9 Å². The van der Waals surface area contributed by atoms with Crippen molar-refractivity contribution in [3.05, 3.63) is 70.5 Å². The van der Waals surface area contributed by atoms with E-state index in [9.17, 15) is 4.79 Å². The first-order chi connectivity index (χ1) is 11.6. The van der Waals surface area contributed by atoms with Gasteiger partial charge in [0, 0.05) is 11.4 Å². The molecule has 24 heavy (non-hydrogen) atoms. The van der Waals surface area contributed by atoms with Gasteiger partial charge in [-0.05, 0) is 59.3 Å². The van der Waals surface area contributed by atoms with Gasteiger partial charge >= 0.3 is 0 Å². The Balaban J connectivity index is 1.82. The second kappa shape index (κ2) is 6.88. The minimum atomic E-state index is -0.259. The summed E-state index contributed by atoms with van der Waals surface area (Å²) in [7, 11) is 1.59. The zero-order valence-electron chi connectivity index (χ0n) is 13.3. The molecule has 122 valence electrons. The first-order valence-electron chi connectivity index (χ1n) is 7.35. The molecule has 0 bridgehead atoms. The third-order valence-corrected chi connectivity index (χ3v) is 4.15. The number of benzene rings is 2. The second-order valence-corrected chi connectivity index (χ2v) is 6.08. The van der Waals surface area contributed by atoms with Crippen LogP contribution in [-0.2, 0) is 0 Å². The highest BCUT2D eigenvalue weighted by atomic mass is 79.9. The first-order valence-corrected chi connectivity index (χ1v) is 8.15. The molecule has 1 heterocycles. The number of aromatic nitrogens is 2. The molecule has 3 aromatic rings. The van der Waals surface area contributed by atoms with Crippen LogP contribution in [0.3, 0.4) is 0 Å². The van der Waals surface area contributed by atoms with Gasteiger partial charge in [-0.15, -0.1) is 0 Å². The maximum absolute atomic E-state index is 12.4. The molecule has 0 spiro atoms. The van der Waals surface area contributed by atoms with E-state index in [1.54, 1.807) is 36.1 Å². The summed E-state index contributed by atoms with van der Waals surface area (Å²) in [5, 5.41) is 7.24. The number of carbonyl (C=O) groups is 1. The lowest BCUT2D eigenvalue weighted by atomic mass is 10.3. The van der Waals surface area contributed by atoms with Crippen molar-refractivity contribution in [2.75, 3.05) is 12.4 Å². The fourth-order valence-electron chi connectivity index (χ4n) is 2.36. The lowest BCUT2D eigenvalue weighted by Gasteiger charge is -2.07. The van der Waals surface area contributed by atoms with Crippen molar-refractivity contribution in [3.8, 4) is 11.4 Å². The van der Waals surface area contributed by atoms with E-state index in [0.717, 1.165) is 15.9 Å². The SMILES string of the molecule is COc1ccc(NC(=O)c2cc(C)n(-c3ccccc3)n2)cc1Br. The van der Waals surface area contributed by atoms with Crippen molar-refractivity contribution >= 4 is 27.5 Å². The molecular formula is C18H16BrN3O2. The molecule has 0 radical (unpaired) electrons. The second-order valence-electron chi connectivity index (χ2n) is 5.22. The molecule has 0 aliphatic carbocycles. The molecule has 0 atom stereocenters. The van der Waals surface area contributed by atoms with Crippen LogP contribution in [0.25, 0.3) is 5.69 Å². The Morgan fingerprint density at radius 3 is 2.58 bits per heavy atom. The summed E-state index contributed by atoms with van der Waals surface area (Å²) in [4.78, 5) is 12.4. The molecule has 1 amide bonds. The van der Waals surface area contributed by atoms with E-state index in [1.165, 1.54) is 0 Å². The number of hydrogen-bond acceptors (Lipinski definition) is 3. The van der Waals surface area contributed by atoms with Gasteiger partial charge in [0.25, 0.3) is 5.91 Å². The highest BCUT2D eigenvalue weighted by Gasteiger charge is 2.14. The number of nitrogens with zero attached hydrogens (tertiary/aromatic N) is 2. The van der Waals surface area contributed by atoms with Gasteiger partial charge in [-0.2, -0.15) is 5.10 Å². The van der Waals surface area contributed by atoms with Gasteiger partial charge in [0.1, 0.15) is 5.75 Å². The molecule has 0 saturated carbocycles. The molecule has 0 aliphatic rings. The van der Waals surface area contributed by atoms with Crippen LogP contribution in [0.1, 0.15) is 16.2 Å². The Labute approximate surface area is 148 Å². The average molecular weight is 386 g/mol. The monoisotopic (exact) mass is 385 g/mol. The minimum Gasteiger partial charge on any atom is -0.496 e. The van der Waals surface area contributed by atoms with Gasteiger partial charge < -0.3 is 10.1 Å². The van der Waals surface area contributed by atoms with Gasteiger partial charge in [0.05, 0.1) is 17.3 Å². The number of rotatable bonds is 4. The van der Waals surface area contributed by atoms with Crippen LogP contribution in [0.5, 0.6) is 5.75 Å². The zero-order chi connectivity index (χ0) is 17.1. The van der Waals surface area contributed by atoms with E-state index in [-0.39, 0.29) is 5.91 Å². The molecule has 5 nitrogen and oxygen atoms in total. The number of carbonyl (C=O) groups excluding carboxylic acids is 1. The number of anilines is 1. The van der Waals surface area contributed by atoms with Gasteiger partial charge in [-0.1, -0.05) is 18.2 Å². The highest BCUT2D eigenvalue weighted by molar-refractivity contribution is 9.10. The third-order valence-electron chi connectivity index (χ3n) is 3.53. The Morgan fingerprint density at radius 1 is 1.17 bits per heavy atom. The van der Waals surface area contributed by atoms with Crippen molar-refractivity contribution in [3.63, 3.8) is 0 Å². The number of amides is 1. The number of halogens is 1. The van der Waals surface area contributed by atoms with E-state index >= 15 is 0 Å². The summed E-state index contributed by atoms with van der Waals surface area (Å²) in [6.45, 7) is 1.92. The van der Waals surface area contributed by atoms with Crippen molar-refractivity contribution in [2.45, 2.75) is 6.92 Å². The van der Waals surface area contributed by atoms with Crippen LogP contribution in [-0.4, -0.2) is 22.8 Å². The summed E-state index contributed by atoms with van der Waals surface area (Å²) in [6, 6.07) is 16.8. The summed E-state index contributed by atoms with van der Waals surface area (Å²) in [6.07, 6.45) is 0. The van der Waals surface area contributed by atoms with E-state index < -0.39 is 0 Å². The minimum absolute atomic E-state index is 0.259. The standard InChI is InChI=1S/C18H16BrN3O2/c1-12-10-16(21-22(12)14-6-4-3-5-7-14)18(23)20-13-8-9-17(24-2)15(19)11-13/h3-11H,1-2H3,(H,20,23). The molecule has 2 aromatic carbocycles. The first kappa shape index (κ1) is 16.3. The predicted molar refractivity (Wildman–Crippen MR) is 96.9 cm³/mol. The Morgan fingerprint density at radius 2 is 1.92 bits per heavy atom. The Bertz CT molecular complexity index is 875. The van der Waals surface area contributed by atoms with Crippen molar-refractivity contribution in [1.29, 1.82) is 0 Å². The largest absolute Gasteiger partial charge is 0.496 e. The maximum Gasteiger partial charge on any atom is 0.276 e. The van der Waals surface area contributed by atoms with E-state index in [0.29, 0.717) is 17.1 Å². The third kappa shape index (κ3) is 3.33. The number of para-hydroxylation sites is 1. The zero-order valence-corrected chi connectivity index (χ0v) is 14.9. The lowest BCUT2D eigenvalue weighted by Crippen LogP contribution is -2.13. The number of hydrogen-bond donors (Lipinski definition) is 1. The molecule has 0 aliphatic heterocycles. The maximum atomic E-state index is 12.4. The fraction of sp³-hybridized carbons (Fsp3) is 0.111. The van der Waals surface area contributed by atoms with Gasteiger partial charge in [0.2, 0.25) is 0 Å². The average Bonchev–Trinajstić information content (AvgIpc) is 2.98. The molecule has 1 N–H and O–H groups in total. The van der Waals surface area contributed by atoms with Gasteiger partial charge in [-0.3, -0.25) is 4.79 Å². The van der Waals surface area contributed by atoms with Gasteiger partial charge in [-0.25, -0.2) is 4.68 Å². The molecule has 6 heteroatoms. The Kier molecular flexibility index (Phi) is 4.66. The number of methoxy groups -OCH3 is 1. The van der Waals surface area contributed by atoms with Crippen LogP contribution in [0.4, 0.5) is 5.69 Å². The predicted octanol–water partition coefficient (Wildman–Crippen LogP) is 4.20. The number of nitrogens with one attached hydrogen (secondary N) is 1. The number of ether oxygens (including phenoxy) is 1. The molecule has 0 fully saturated rings. The van der Waals surface area contributed by atoms with Crippen molar-refractivity contribution in [2.24, 2.45) is 0 Å². The summed E-state index contributed by atoms with van der Waals surface area (Å²) in [5.41, 5.74) is 2.84. The lowest BCUT2D eigenvalue weighted by molar-refractivity contribution is 0.102. The van der Waals surface area contributed by atoms with Crippen LogP contribution in [0.15, 0.2) is 59.1 Å². The van der Waals surface area contributed by atoms with Crippen LogP contribution < -0.4 is 10.1 Å². The van der Waals surface area contributed by atoms with E-state index in [2.05, 4.69) is 26.3 Å². The normalized spacial score (nSPS) is 10.5. The van der Waals surface area contributed by atoms with E-state index in [4.69, 9.17) is 4.74 Å². The topological polar surface area (TPSA) is 56.1 Å². The highest BCUT2D eigenvalue weighted by Crippen LogP contribution is 2.28. The summed E-state index contributed by atoms with van der Waals surface area (Å²) in [5.74, 6) is 0.446. The Hall–Kier alpha value is -2.60. The fourth-order valence-corrected chi connectivity index (χ4v) is 2.90. The summed E-state index contributed by atoms with van der Waals surface area (Å²) < 4.78 is 7.70. The van der Waals surface area contributed by atoms with Crippen molar-refractivity contribution < 1.29 is 9.53 Å². The molecule has 1 aromatic heterocycles. The summed E-state index contributed by atoms with van der Waals surface area (Å²) >= 11 is 3.40. The van der Waals surface area contributed by atoms with E-state index in [1.807, 2.05) is 37.3 Å². The quantitative estimate of drug-likeness (QED) is 0.731. The molecule has 0 saturated heterocycles. The van der Waals surface area contributed by atoms with Gasteiger partial charge in [0.15, 0.2) is 5.69 Å².